The molecule has 4 heteroatoms. The number of unbranched alkanes of at least 4 members (excludes halogenated alkanes) is 7. The Hall–Kier alpha value is -3.01. The molecule has 1 aromatic heterocycles. The number of benzene rings is 2. The molecule has 0 spiro atoms. The molecule has 3 rings (SSSR count). The van der Waals surface area contributed by atoms with Gasteiger partial charge >= 0.3 is 5.97 Å². The van der Waals surface area contributed by atoms with E-state index in [4.69, 9.17) is 0 Å². The van der Waals surface area contributed by atoms with Gasteiger partial charge in [-0.1, -0.05) is 107 Å². The predicted molar refractivity (Wildman–Crippen MR) is 140 cm³/mol. The van der Waals surface area contributed by atoms with Crippen LogP contribution in [0.15, 0.2) is 60.9 Å². The minimum absolute atomic E-state index is 0.452. The van der Waals surface area contributed by atoms with Crippen molar-refractivity contribution in [2.45, 2.75) is 84.0 Å². The fraction of sp³-hybridized carbons (Fsp3) is 0.433. The molecular weight excluding hydrogens is 420 g/mol. The lowest BCUT2D eigenvalue weighted by Crippen LogP contribution is -2.10. The molecule has 0 amide bonds. The lowest BCUT2D eigenvalue weighted by molar-refractivity contribution is -0.138. The fourth-order valence-electron chi connectivity index (χ4n) is 4.37. The first-order chi connectivity index (χ1) is 16.6. The summed E-state index contributed by atoms with van der Waals surface area (Å²) in [4.78, 5) is 20.6. The van der Waals surface area contributed by atoms with Crippen LogP contribution in [0, 0.1) is 0 Å². The molecule has 1 heterocycles. The molecule has 0 bridgehead atoms. The van der Waals surface area contributed by atoms with Gasteiger partial charge in [0.2, 0.25) is 0 Å². The number of rotatable bonds is 14. The summed E-state index contributed by atoms with van der Waals surface area (Å²) in [6.45, 7) is 4.16. The standard InChI is InChI=1S/C30H38N2O2/c1-3-5-6-7-8-9-10-11-12-23-21-31-29(32-22-23)27-19-15-25(16-20-27)24-13-17-26(18-14-24)28(4-2)30(33)34/h13-22,28H,3-12H2,1-2H3,(H,33,34). The van der Waals surface area contributed by atoms with Crippen LogP contribution in [0.25, 0.3) is 22.5 Å². The molecule has 1 unspecified atom stereocenters. The zero-order valence-corrected chi connectivity index (χ0v) is 20.7. The Morgan fingerprint density at radius 1 is 0.735 bits per heavy atom. The summed E-state index contributed by atoms with van der Waals surface area (Å²) in [7, 11) is 0. The summed E-state index contributed by atoms with van der Waals surface area (Å²) >= 11 is 0. The van der Waals surface area contributed by atoms with Gasteiger partial charge in [0.1, 0.15) is 0 Å². The van der Waals surface area contributed by atoms with Gasteiger partial charge in [0, 0.05) is 18.0 Å². The van der Waals surface area contributed by atoms with Gasteiger partial charge in [-0.05, 0) is 41.5 Å². The molecule has 0 aliphatic rings. The number of aromatic nitrogens is 2. The third-order valence-corrected chi connectivity index (χ3v) is 6.52. The molecule has 0 fully saturated rings. The maximum Gasteiger partial charge on any atom is 0.310 e. The Balaban J connectivity index is 1.51. The molecular formula is C30H38N2O2. The number of carbonyl (C=O) groups is 1. The second kappa shape index (κ2) is 13.6. The largest absolute Gasteiger partial charge is 0.481 e. The van der Waals surface area contributed by atoms with Crippen molar-refractivity contribution in [3.8, 4) is 22.5 Å². The number of aryl methyl sites for hydroxylation is 1. The van der Waals surface area contributed by atoms with E-state index < -0.39 is 11.9 Å². The molecule has 0 saturated carbocycles. The molecule has 34 heavy (non-hydrogen) atoms. The maximum atomic E-state index is 11.4. The van der Waals surface area contributed by atoms with Crippen LogP contribution in [0.5, 0.6) is 0 Å². The Labute approximate surface area is 204 Å². The molecule has 4 nitrogen and oxygen atoms in total. The highest BCUT2D eigenvalue weighted by Crippen LogP contribution is 2.26. The van der Waals surface area contributed by atoms with Gasteiger partial charge < -0.3 is 5.11 Å². The summed E-state index contributed by atoms with van der Waals surface area (Å²) in [5.74, 6) is -0.482. The monoisotopic (exact) mass is 458 g/mol. The molecule has 0 aliphatic heterocycles. The van der Waals surface area contributed by atoms with Crippen molar-refractivity contribution in [2.75, 3.05) is 0 Å². The number of hydrogen-bond donors (Lipinski definition) is 1. The first-order valence-electron chi connectivity index (χ1n) is 12.9. The highest BCUT2D eigenvalue weighted by Gasteiger charge is 2.17. The van der Waals surface area contributed by atoms with Crippen molar-refractivity contribution in [1.29, 1.82) is 0 Å². The first kappa shape index (κ1) is 25.6. The highest BCUT2D eigenvalue weighted by molar-refractivity contribution is 5.76. The smallest absolute Gasteiger partial charge is 0.310 e. The quantitative estimate of drug-likeness (QED) is 0.248. The average molecular weight is 459 g/mol. The van der Waals surface area contributed by atoms with Crippen LogP contribution < -0.4 is 0 Å². The van der Waals surface area contributed by atoms with Crippen molar-refractivity contribution < 1.29 is 9.90 Å². The second-order valence-corrected chi connectivity index (χ2v) is 9.14. The number of hydrogen-bond acceptors (Lipinski definition) is 3. The van der Waals surface area contributed by atoms with Gasteiger partial charge in [0.05, 0.1) is 5.92 Å². The summed E-state index contributed by atoms with van der Waals surface area (Å²) in [5.41, 5.74) is 5.20. The molecule has 3 aromatic rings. The maximum absolute atomic E-state index is 11.4. The van der Waals surface area contributed by atoms with E-state index in [9.17, 15) is 9.90 Å². The normalized spacial score (nSPS) is 11.9. The zero-order valence-electron chi connectivity index (χ0n) is 20.7. The van der Waals surface area contributed by atoms with Crippen molar-refractivity contribution >= 4 is 5.97 Å². The average Bonchev–Trinajstić information content (AvgIpc) is 2.87. The van der Waals surface area contributed by atoms with E-state index in [0.717, 1.165) is 34.5 Å². The summed E-state index contributed by atoms with van der Waals surface area (Å²) in [5, 5.41) is 9.35. The Kier molecular flexibility index (Phi) is 10.3. The lowest BCUT2D eigenvalue weighted by Gasteiger charge is -2.11. The number of aliphatic carboxylic acids is 1. The SMILES string of the molecule is CCCCCCCCCCc1cnc(-c2ccc(-c3ccc(C(CC)C(=O)O)cc3)cc2)nc1. The molecule has 2 aromatic carbocycles. The minimum Gasteiger partial charge on any atom is -0.481 e. The zero-order chi connectivity index (χ0) is 24.2. The van der Waals surface area contributed by atoms with Crippen LogP contribution in [0.3, 0.4) is 0 Å². The topological polar surface area (TPSA) is 63.1 Å². The lowest BCUT2D eigenvalue weighted by atomic mass is 9.94. The molecule has 1 atom stereocenters. The van der Waals surface area contributed by atoms with Gasteiger partial charge in [-0.25, -0.2) is 9.97 Å². The van der Waals surface area contributed by atoms with Crippen molar-refractivity contribution in [1.82, 2.24) is 9.97 Å². The Bertz CT molecular complexity index is 995. The number of carboxylic acids is 1. The van der Waals surface area contributed by atoms with Crippen molar-refractivity contribution in [2.24, 2.45) is 0 Å². The number of nitrogens with zero attached hydrogens (tertiary/aromatic N) is 2. The molecule has 180 valence electrons. The van der Waals surface area contributed by atoms with Gasteiger partial charge in [-0.2, -0.15) is 0 Å². The van der Waals surface area contributed by atoms with Gasteiger partial charge in [-0.3, -0.25) is 4.79 Å². The van der Waals surface area contributed by atoms with Gasteiger partial charge in [0.25, 0.3) is 0 Å². The van der Waals surface area contributed by atoms with E-state index in [1.807, 2.05) is 55.7 Å². The number of carboxylic acid groups (broad SMARTS) is 1. The van der Waals surface area contributed by atoms with E-state index in [-0.39, 0.29) is 0 Å². The van der Waals surface area contributed by atoms with Crippen LogP contribution in [-0.4, -0.2) is 21.0 Å². The van der Waals surface area contributed by atoms with Crippen LogP contribution in [0.1, 0.15) is 88.7 Å². The third-order valence-electron chi connectivity index (χ3n) is 6.52. The summed E-state index contributed by atoms with van der Waals surface area (Å²) in [6, 6.07) is 16.0. The summed E-state index contributed by atoms with van der Waals surface area (Å²) in [6.07, 6.45) is 16.2. The predicted octanol–water partition coefficient (Wildman–Crippen LogP) is 8.07. The Morgan fingerprint density at radius 3 is 1.76 bits per heavy atom. The van der Waals surface area contributed by atoms with Gasteiger partial charge in [0.15, 0.2) is 5.82 Å². The van der Waals surface area contributed by atoms with Crippen molar-refractivity contribution in [3.63, 3.8) is 0 Å². The third kappa shape index (κ3) is 7.51. The summed E-state index contributed by atoms with van der Waals surface area (Å²) < 4.78 is 0. The molecule has 1 N–H and O–H groups in total. The van der Waals surface area contributed by atoms with Crippen LogP contribution in [-0.2, 0) is 11.2 Å². The Morgan fingerprint density at radius 2 is 1.24 bits per heavy atom. The molecule has 0 saturated heterocycles. The van der Waals surface area contributed by atoms with Crippen LogP contribution in [0.2, 0.25) is 0 Å². The van der Waals surface area contributed by atoms with E-state index in [0.29, 0.717) is 6.42 Å². The van der Waals surface area contributed by atoms with Crippen LogP contribution >= 0.6 is 0 Å². The second-order valence-electron chi connectivity index (χ2n) is 9.14. The van der Waals surface area contributed by atoms with E-state index in [1.54, 1.807) is 0 Å². The fourth-order valence-corrected chi connectivity index (χ4v) is 4.37. The van der Waals surface area contributed by atoms with Crippen molar-refractivity contribution in [3.05, 3.63) is 72.1 Å². The molecule has 0 radical (unpaired) electrons. The van der Waals surface area contributed by atoms with E-state index in [2.05, 4.69) is 29.0 Å². The van der Waals surface area contributed by atoms with Gasteiger partial charge in [-0.15, -0.1) is 0 Å². The van der Waals surface area contributed by atoms with E-state index >= 15 is 0 Å². The minimum atomic E-state index is -0.775. The first-order valence-corrected chi connectivity index (χ1v) is 12.9. The highest BCUT2D eigenvalue weighted by atomic mass is 16.4. The molecule has 0 aliphatic carbocycles. The van der Waals surface area contributed by atoms with E-state index in [1.165, 1.54) is 56.9 Å². The van der Waals surface area contributed by atoms with Crippen LogP contribution in [0.4, 0.5) is 0 Å².